The van der Waals surface area contributed by atoms with Gasteiger partial charge in [-0.2, -0.15) is 0 Å². The summed E-state index contributed by atoms with van der Waals surface area (Å²) in [5.41, 5.74) is 3.66. The van der Waals surface area contributed by atoms with Crippen LogP contribution in [0.15, 0.2) is 66.0 Å². The van der Waals surface area contributed by atoms with E-state index in [4.69, 9.17) is 4.74 Å². The number of para-hydroxylation sites is 1. The first-order chi connectivity index (χ1) is 9.38. The van der Waals surface area contributed by atoms with Crippen LogP contribution in [0.2, 0.25) is 0 Å². The van der Waals surface area contributed by atoms with Gasteiger partial charge in [0.05, 0.1) is 7.11 Å². The van der Waals surface area contributed by atoms with Crippen molar-refractivity contribution >= 4 is 11.3 Å². The third-order valence-electron chi connectivity index (χ3n) is 3.08. The Hall–Kier alpha value is -2.06. The van der Waals surface area contributed by atoms with Crippen molar-refractivity contribution in [2.24, 2.45) is 0 Å². The van der Waals surface area contributed by atoms with Crippen LogP contribution in [-0.2, 0) is 0 Å². The summed E-state index contributed by atoms with van der Waals surface area (Å²) in [7, 11) is 1.71. The van der Waals surface area contributed by atoms with Gasteiger partial charge in [0.2, 0.25) is 0 Å². The lowest BCUT2D eigenvalue weighted by atomic mass is 10.1. The Morgan fingerprint density at radius 1 is 0.842 bits per heavy atom. The normalized spacial score (nSPS) is 10.4. The smallest absolute Gasteiger partial charge is 0.127 e. The van der Waals surface area contributed by atoms with Crippen LogP contribution in [0.1, 0.15) is 0 Å². The van der Waals surface area contributed by atoms with Gasteiger partial charge in [-0.3, -0.25) is 0 Å². The van der Waals surface area contributed by atoms with Gasteiger partial charge >= 0.3 is 0 Å². The highest BCUT2D eigenvalue weighted by atomic mass is 32.1. The molecule has 0 saturated heterocycles. The van der Waals surface area contributed by atoms with Gasteiger partial charge in [0, 0.05) is 10.4 Å². The minimum atomic E-state index is 0.920. The summed E-state index contributed by atoms with van der Waals surface area (Å²) in [4.78, 5) is 1.23. The maximum Gasteiger partial charge on any atom is 0.127 e. The fourth-order valence-corrected chi connectivity index (χ4v) is 3.06. The molecule has 0 unspecified atom stereocenters. The quantitative estimate of drug-likeness (QED) is 0.641. The number of thiophene rings is 1. The molecule has 0 bridgehead atoms. The molecule has 2 aromatic carbocycles. The van der Waals surface area contributed by atoms with Crippen LogP contribution in [0, 0.1) is 0 Å². The van der Waals surface area contributed by atoms with Crippen molar-refractivity contribution < 1.29 is 4.74 Å². The third kappa shape index (κ3) is 2.40. The average Bonchev–Trinajstić information content (AvgIpc) is 2.98. The van der Waals surface area contributed by atoms with Gasteiger partial charge in [-0.15, -0.1) is 11.3 Å². The first-order valence-corrected chi connectivity index (χ1v) is 7.04. The Balaban J connectivity index is 2.02. The topological polar surface area (TPSA) is 9.23 Å². The molecule has 0 spiro atoms. The van der Waals surface area contributed by atoms with Crippen molar-refractivity contribution in [3.8, 4) is 27.3 Å². The molecule has 0 aliphatic carbocycles. The molecule has 0 radical (unpaired) electrons. The predicted octanol–water partition coefficient (Wildman–Crippen LogP) is 5.09. The van der Waals surface area contributed by atoms with Crippen LogP contribution < -0.4 is 4.74 Å². The first kappa shape index (κ1) is 12.0. The fourth-order valence-electron chi connectivity index (χ4n) is 2.11. The molecule has 1 heterocycles. The number of rotatable bonds is 3. The molecule has 94 valence electrons. The number of methoxy groups -OCH3 is 1. The van der Waals surface area contributed by atoms with Crippen molar-refractivity contribution in [2.75, 3.05) is 7.11 Å². The monoisotopic (exact) mass is 266 g/mol. The summed E-state index contributed by atoms with van der Waals surface area (Å²) in [5, 5.41) is 2.19. The highest BCUT2D eigenvalue weighted by molar-refractivity contribution is 7.14. The largest absolute Gasteiger partial charge is 0.496 e. The van der Waals surface area contributed by atoms with E-state index in [1.54, 1.807) is 18.4 Å². The summed E-state index contributed by atoms with van der Waals surface area (Å²) >= 11 is 1.75. The lowest BCUT2D eigenvalue weighted by Gasteiger charge is -2.05. The van der Waals surface area contributed by atoms with Crippen LogP contribution in [0.3, 0.4) is 0 Å². The molecule has 3 rings (SSSR count). The maximum atomic E-state index is 5.42. The molecule has 2 heteroatoms. The second-order valence-corrected chi connectivity index (χ2v) is 5.18. The van der Waals surface area contributed by atoms with Crippen molar-refractivity contribution in [2.45, 2.75) is 0 Å². The first-order valence-electron chi connectivity index (χ1n) is 6.16. The van der Waals surface area contributed by atoms with E-state index in [1.165, 1.54) is 16.0 Å². The lowest BCUT2D eigenvalue weighted by molar-refractivity contribution is 0.416. The summed E-state index contributed by atoms with van der Waals surface area (Å²) in [6, 6.07) is 20.8. The molecule has 1 nitrogen and oxygen atoms in total. The van der Waals surface area contributed by atoms with E-state index in [0.717, 1.165) is 11.3 Å². The molecule has 19 heavy (non-hydrogen) atoms. The number of ether oxygens (including phenoxy) is 1. The van der Waals surface area contributed by atoms with Gasteiger partial charge < -0.3 is 4.74 Å². The maximum absolute atomic E-state index is 5.42. The minimum Gasteiger partial charge on any atom is -0.496 e. The Labute approximate surface area is 117 Å². The Bertz CT molecular complexity index is 670. The van der Waals surface area contributed by atoms with Crippen LogP contribution in [0.5, 0.6) is 5.75 Å². The zero-order chi connectivity index (χ0) is 13.1. The standard InChI is InChI=1S/C17H14OS/c1-18-16-10-6-5-9-15(16)17-11-14(12-19-17)13-7-3-2-4-8-13/h2-12H,1H3. The van der Waals surface area contributed by atoms with E-state index in [0.29, 0.717) is 0 Å². The van der Waals surface area contributed by atoms with Gasteiger partial charge in [0.1, 0.15) is 5.75 Å². The zero-order valence-electron chi connectivity index (χ0n) is 10.7. The second kappa shape index (κ2) is 5.29. The minimum absolute atomic E-state index is 0.920. The second-order valence-electron chi connectivity index (χ2n) is 4.27. The van der Waals surface area contributed by atoms with Gasteiger partial charge in [-0.05, 0) is 34.7 Å². The molecule has 0 atom stereocenters. The molecule has 0 aliphatic rings. The highest BCUT2D eigenvalue weighted by Gasteiger charge is 2.08. The summed E-state index contributed by atoms with van der Waals surface area (Å²) in [5.74, 6) is 0.920. The summed E-state index contributed by atoms with van der Waals surface area (Å²) in [6.07, 6.45) is 0. The van der Waals surface area contributed by atoms with Crippen molar-refractivity contribution in [3.05, 3.63) is 66.0 Å². The van der Waals surface area contributed by atoms with Crippen molar-refractivity contribution in [3.63, 3.8) is 0 Å². The van der Waals surface area contributed by atoms with Gasteiger partial charge in [-0.1, -0.05) is 42.5 Å². The van der Waals surface area contributed by atoms with Crippen LogP contribution in [-0.4, -0.2) is 7.11 Å². The van der Waals surface area contributed by atoms with E-state index >= 15 is 0 Å². The molecular weight excluding hydrogens is 252 g/mol. The summed E-state index contributed by atoms with van der Waals surface area (Å²) in [6.45, 7) is 0. The van der Waals surface area contributed by atoms with E-state index in [1.807, 2.05) is 24.3 Å². The van der Waals surface area contributed by atoms with Crippen molar-refractivity contribution in [1.82, 2.24) is 0 Å². The molecular formula is C17H14OS. The summed E-state index contributed by atoms with van der Waals surface area (Å²) < 4.78 is 5.42. The van der Waals surface area contributed by atoms with Crippen LogP contribution in [0.25, 0.3) is 21.6 Å². The number of hydrogen-bond donors (Lipinski definition) is 0. The predicted molar refractivity (Wildman–Crippen MR) is 81.7 cm³/mol. The fraction of sp³-hybridized carbons (Fsp3) is 0.0588. The Kier molecular flexibility index (Phi) is 3.34. The highest BCUT2D eigenvalue weighted by Crippen LogP contribution is 2.37. The van der Waals surface area contributed by atoms with Crippen LogP contribution >= 0.6 is 11.3 Å². The third-order valence-corrected chi connectivity index (χ3v) is 4.04. The molecule has 0 aliphatic heterocycles. The van der Waals surface area contributed by atoms with E-state index in [2.05, 4.69) is 41.8 Å². The molecule has 1 aromatic heterocycles. The van der Waals surface area contributed by atoms with Gasteiger partial charge in [0.15, 0.2) is 0 Å². The van der Waals surface area contributed by atoms with Gasteiger partial charge in [-0.25, -0.2) is 0 Å². The molecule has 3 aromatic rings. The Morgan fingerprint density at radius 2 is 1.58 bits per heavy atom. The van der Waals surface area contributed by atoms with E-state index < -0.39 is 0 Å². The average molecular weight is 266 g/mol. The van der Waals surface area contributed by atoms with E-state index in [-0.39, 0.29) is 0 Å². The Morgan fingerprint density at radius 3 is 2.37 bits per heavy atom. The number of hydrogen-bond acceptors (Lipinski definition) is 2. The van der Waals surface area contributed by atoms with E-state index in [9.17, 15) is 0 Å². The van der Waals surface area contributed by atoms with Crippen molar-refractivity contribution in [1.29, 1.82) is 0 Å². The lowest BCUT2D eigenvalue weighted by Crippen LogP contribution is -1.85. The zero-order valence-corrected chi connectivity index (χ0v) is 11.5. The number of benzene rings is 2. The van der Waals surface area contributed by atoms with Gasteiger partial charge in [0.25, 0.3) is 0 Å². The van der Waals surface area contributed by atoms with Crippen LogP contribution in [0.4, 0.5) is 0 Å². The SMILES string of the molecule is COc1ccccc1-c1cc(-c2ccccc2)cs1. The molecule has 0 saturated carbocycles. The molecule has 0 amide bonds. The molecule has 0 fully saturated rings. The molecule has 0 N–H and O–H groups in total.